The van der Waals surface area contributed by atoms with Gasteiger partial charge in [0, 0.05) is 17.7 Å². The number of hydrogen-bond donors (Lipinski definition) is 1. The lowest BCUT2D eigenvalue weighted by Gasteiger charge is -2.23. The first-order chi connectivity index (χ1) is 8.81. The number of carboxylic acids is 1. The molecule has 0 unspecified atom stereocenters. The predicted octanol–water partition coefficient (Wildman–Crippen LogP) is 3.15. The van der Waals surface area contributed by atoms with Gasteiger partial charge in [0.1, 0.15) is 5.75 Å². The van der Waals surface area contributed by atoms with Gasteiger partial charge in [0.05, 0.1) is 19.1 Å². The first-order valence-corrected chi connectivity index (χ1v) is 6.27. The van der Waals surface area contributed by atoms with Gasteiger partial charge in [-0.1, -0.05) is 11.6 Å². The van der Waals surface area contributed by atoms with Crippen molar-refractivity contribution < 1.29 is 19.4 Å². The molecule has 0 bridgehead atoms. The summed E-state index contributed by atoms with van der Waals surface area (Å²) >= 11 is 6.02. The van der Waals surface area contributed by atoms with Gasteiger partial charge in [0.15, 0.2) is 0 Å². The van der Waals surface area contributed by atoms with Gasteiger partial charge in [0.2, 0.25) is 0 Å². The fourth-order valence-corrected chi connectivity index (χ4v) is 2.08. The molecule has 0 spiro atoms. The maximum atomic E-state index is 11.3. The van der Waals surface area contributed by atoms with E-state index in [4.69, 9.17) is 21.1 Å². The summed E-state index contributed by atoms with van der Waals surface area (Å²) in [7, 11) is 3.12. The van der Waals surface area contributed by atoms with Crippen molar-refractivity contribution in [1.82, 2.24) is 0 Å². The lowest BCUT2D eigenvalue weighted by Crippen LogP contribution is -2.27. The monoisotopic (exact) mass is 286 g/mol. The normalized spacial score (nSPS) is 11.4. The van der Waals surface area contributed by atoms with Crippen molar-refractivity contribution in [3.8, 4) is 5.75 Å². The maximum Gasteiger partial charge on any atom is 0.309 e. The van der Waals surface area contributed by atoms with Crippen molar-refractivity contribution in [3.05, 3.63) is 28.3 Å². The second-order valence-electron chi connectivity index (χ2n) is 5.04. The number of ether oxygens (including phenoxy) is 2. The van der Waals surface area contributed by atoms with Gasteiger partial charge in [-0.15, -0.1) is 0 Å². The van der Waals surface area contributed by atoms with Gasteiger partial charge in [-0.05, 0) is 38.0 Å². The van der Waals surface area contributed by atoms with E-state index in [2.05, 4.69) is 0 Å². The Balaban J connectivity index is 3.26. The topological polar surface area (TPSA) is 55.8 Å². The number of carboxylic acid groups (broad SMARTS) is 1. The Morgan fingerprint density at radius 2 is 2.00 bits per heavy atom. The molecule has 0 saturated carbocycles. The third-order valence-corrected chi connectivity index (χ3v) is 3.20. The summed E-state index contributed by atoms with van der Waals surface area (Å²) in [6, 6.07) is 3.47. The maximum absolute atomic E-state index is 11.3. The van der Waals surface area contributed by atoms with Gasteiger partial charge in [-0.3, -0.25) is 4.79 Å². The van der Waals surface area contributed by atoms with E-state index in [1.54, 1.807) is 40.2 Å². The molecule has 0 amide bonds. The van der Waals surface area contributed by atoms with Crippen LogP contribution in [0.5, 0.6) is 5.75 Å². The minimum absolute atomic E-state index is 0.349. The number of benzene rings is 1. The summed E-state index contributed by atoms with van der Waals surface area (Å²) in [6.07, 6.45) is 0.349. The number of methoxy groups -OCH3 is 2. The van der Waals surface area contributed by atoms with E-state index in [9.17, 15) is 9.90 Å². The van der Waals surface area contributed by atoms with Crippen LogP contribution in [0.2, 0.25) is 5.02 Å². The van der Waals surface area contributed by atoms with Crippen molar-refractivity contribution in [2.24, 2.45) is 5.41 Å². The highest BCUT2D eigenvalue weighted by atomic mass is 35.5. The van der Waals surface area contributed by atoms with Gasteiger partial charge in [-0.2, -0.15) is 0 Å². The first-order valence-electron chi connectivity index (χ1n) is 5.89. The van der Waals surface area contributed by atoms with E-state index in [1.165, 1.54) is 0 Å². The molecule has 0 heterocycles. The first kappa shape index (κ1) is 15.8. The van der Waals surface area contributed by atoms with Crippen LogP contribution in [0.25, 0.3) is 0 Å². The van der Waals surface area contributed by atoms with Gasteiger partial charge in [0.25, 0.3) is 0 Å². The highest BCUT2D eigenvalue weighted by Crippen LogP contribution is 2.33. The zero-order chi connectivity index (χ0) is 14.6. The molecule has 19 heavy (non-hydrogen) atoms. The molecule has 106 valence electrons. The lowest BCUT2D eigenvalue weighted by molar-refractivity contribution is -0.146. The van der Waals surface area contributed by atoms with Crippen LogP contribution in [-0.4, -0.2) is 25.3 Å². The fraction of sp³-hybridized carbons (Fsp3) is 0.500. The molecule has 4 nitrogen and oxygen atoms in total. The number of hydrogen-bond acceptors (Lipinski definition) is 3. The molecular formula is C14H19ClO4. The van der Waals surface area contributed by atoms with Crippen LogP contribution in [0, 0.1) is 5.41 Å². The average molecular weight is 287 g/mol. The second-order valence-corrected chi connectivity index (χ2v) is 5.48. The van der Waals surface area contributed by atoms with Crippen molar-refractivity contribution in [2.75, 3.05) is 14.2 Å². The Bertz CT molecular complexity index is 469. The molecular weight excluding hydrogens is 268 g/mol. The van der Waals surface area contributed by atoms with Crippen LogP contribution in [0.1, 0.15) is 25.0 Å². The van der Waals surface area contributed by atoms with E-state index >= 15 is 0 Å². The molecule has 1 rings (SSSR count). The highest BCUT2D eigenvalue weighted by Gasteiger charge is 2.30. The van der Waals surface area contributed by atoms with E-state index in [-0.39, 0.29) is 0 Å². The smallest absolute Gasteiger partial charge is 0.309 e. The third kappa shape index (κ3) is 3.85. The second kappa shape index (κ2) is 6.26. The van der Waals surface area contributed by atoms with Crippen molar-refractivity contribution in [3.63, 3.8) is 0 Å². The molecule has 0 atom stereocenters. The van der Waals surface area contributed by atoms with Crippen molar-refractivity contribution >= 4 is 17.6 Å². The molecule has 5 heteroatoms. The SMILES string of the molecule is COCc1cc(Cl)cc(OC)c1CC(C)(C)C(=O)O. The third-order valence-electron chi connectivity index (χ3n) is 2.98. The number of halogens is 1. The van der Waals surface area contributed by atoms with Crippen LogP contribution in [0.15, 0.2) is 12.1 Å². The summed E-state index contributed by atoms with van der Waals surface area (Å²) in [5.74, 6) is -0.262. The number of rotatable bonds is 6. The molecule has 1 N–H and O–H groups in total. The van der Waals surface area contributed by atoms with Crippen LogP contribution in [0.4, 0.5) is 0 Å². The molecule has 0 aromatic heterocycles. The summed E-state index contributed by atoms with van der Waals surface area (Å²) in [5.41, 5.74) is 0.784. The Morgan fingerprint density at radius 3 is 2.47 bits per heavy atom. The van der Waals surface area contributed by atoms with Gasteiger partial charge < -0.3 is 14.6 Å². The molecule has 0 aliphatic carbocycles. The highest BCUT2D eigenvalue weighted by molar-refractivity contribution is 6.30. The number of carbonyl (C=O) groups is 1. The summed E-state index contributed by atoms with van der Waals surface area (Å²) in [5, 5.41) is 9.79. The lowest BCUT2D eigenvalue weighted by atomic mass is 9.84. The van der Waals surface area contributed by atoms with Crippen LogP contribution < -0.4 is 4.74 Å². The summed E-state index contributed by atoms with van der Waals surface area (Å²) < 4.78 is 10.4. The van der Waals surface area contributed by atoms with E-state index in [1.807, 2.05) is 0 Å². The zero-order valence-corrected chi connectivity index (χ0v) is 12.4. The van der Waals surface area contributed by atoms with Crippen LogP contribution >= 0.6 is 11.6 Å². The van der Waals surface area contributed by atoms with Crippen molar-refractivity contribution in [1.29, 1.82) is 0 Å². The minimum atomic E-state index is -0.885. The van der Waals surface area contributed by atoms with E-state index in [0.29, 0.717) is 23.8 Å². The van der Waals surface area contributed by atoms with Crippen LogP contribution in [-0.2, 0) is 22.6 Å². The minimum Gasteiger partial charge on any atom is -0.496 e. The molecule has 1 aromatic rings. The largest absolute Gasteiger partial charge is 0.496 e. The Kier molecular flexibility index (Phi) is 5.20. The quantitative estimate of drug-likeness (QED) is 0.873. The average Bonchev–Trinajstić information content (AvgIpc) is 2.32. The molecule has 0 fully saturated rings. The van der Waals surface area contributed by atoms with Crippen LogP contribution in [0.3, 0.4) is 0 Å². The number of aliphatic carboxylic acids is 1. The Labute approximate surface area is 118 Å². The van der Waals surface area contributed by atoms with Gasteiger partial charge >= 0.3 is 5.97 Å². The van der Waals surface area contributed by atoms with Crippen molar-refractivity contribution in [2.45, 2.75) is 26.9 Å². The molecule has 1 aromatic carbocycles. The standard InChI is InChI=1S/C14H19ClO4/c1-14(2,13(16)17)7-11-9(8-18-3)5-10(15)6-12(11)19-4/h5-6H,7-8H2,1-4H3,(H,16,17). The Hall–Kier alpha value is -1.26. The Morgan fingerprint density at radius 1 is 1.37 bits per heavy atom. The predicted molar refractivity (Wildman–Crippen MR) is 73.8 cm³/mol. The zero-order valence-electron chi connectivity index (χ0n) is 11.6. The summed E-state index contributed by atoms with van der Waals surface area (Å²) in [6.45, 7) is 3.72. The summed E-state index contributed by atoms with van der Waals surface area (Å²) in [4.78, 5) is 11.3. The fourth-order valence-electron chi connectivity index (χ4n) is 1.85. The van der Waals surface area contributed by atoms with E-state index in [0.717, 1.165) is 11.1 Å². The van der Waals surface area contributed by atoms with Gasteiger partial charge in [-0.25, -0.2) is 0 Å². The molecule has 0 aliphatic rings. The molecule has 0 radical (unpaired) electrons. The molecule has 0 aliphatic heterocycles. The molecule has 0 saturated heterocycles. The van der Waals surface area contributed by atoms with E-state index < -0.39 is 11.4 Å².